The summed E-state index contributed by atoms with van der Waals surface area (Å²) < 4.78 is 0. The lowest BCUT2D eigenvalue weighted by molar-refractivity contribution is 0.278. The number of rotatable bonds is 14. The first-order valence-corrected chi connectivity index (χ1v) is 9.39. The molecule has 3 atom stereocenters. The van der Waals surface area contributed by atoms with E-state index in [0.29, 0.717) is 0 Å². The molecule has 2 N–H and O–H groups in total. The molecule has 0 rings (SSSR count). The molecule has 0 heterocycles. The fraction of sp³-hybridized carbons (Fsp3) is 0.900. The lowest BCUT2D eigenvalue weighted by Crippen LogP contribution is -2.18. The van der Waals surface area contributed by atoms with Crippen molar-refractivity contribution in [2.45, 2.75) is 91.9 Å². The van der Waals surface area contributed by atoms with E-state index in [4.69, 9.17) is 5.73 Å². The van der Waals surface area contributed by atoms with Gasteiger partial charge in [-0.15, -0.1) is 6.58 Å². The molecule has 0 saturated carbocycles. The molecular weight excluding hydrogens is 254 g/mol. The van der Waals surface area contributed by atoms with Crippen molar-refractivity contribution in [1.29, 1.82) is 0 Å². The number of allylic oxidation sites excluding steroid dienone is 1. The second kappa shape index (κ2) is 13.4. The Bertz CT molecular complexity index is 246. The van der Waals surface area contributed by atoms with Gasteiger partial charge in [0.15, 0.2) is 0 Å². The number of unbranched alkanes of at least 4 members (excludes halogenated alkanes) is 3. The zero-order valence-corrected chi connectivity index (χ0v) is 15.3. The second-order valence-electron chi connectivity index (χ2n) is 7.17. The van der Waals surface area contributed by atoms with Crippen molar-refractivity contribution in [3.8, 4) is 0 Å². The summed E-state index contributed by atoms with van der Waals surface area (Å²) in [5.41, 5.74) is 7.12. The normalized spacial score (nSPS) is 15.7. The van der Waals surface area contributed by atoms with Gasteiger partial charge in [0.2, 0.25) is 0 Å². The third kappa shape index (κ3) is 11.0. The van der Waals surface area contributed by atoms with Crippen LogP contribution in [0.4, 0.5) is 0 Å². The van der Waals surface area contributed by atoms with E-state index in [1.807, 2.05) is 0 Å². The van der Waals surface area contributed by atoms with Crippen LogP contribution in [0.1, 0.15) is 91.9 Å². The molecule has 0 aromatic carbocycles. The van der Waals surface area contributed by atoms with Crippen LogP contribution in [0.3, 0.4) is 0 Å². The zero-order chi connectivity index (χ0) is 16.1. The molecule has 0 aromatic rings. The highest BCUT2D eigenvalue weighted by Crippen LogP contribution is 2.30. The average molecular weight is 296 g/mol. The molecule has 0 aromatic heterocycles. The molecule has 0 fully saturated rings. The van der Waals surface area contributed by atoms with Crippen molar-refractivity contribution in [2.24, 2.45) is 23.5 Å². The second-order valence-corrected chi connectivity index (χ2v) is 7.17. The molecule has 0 spiro atoms. The van der Waals surface area contributed by atoms with Gasteiger partial charge in [-0.05, 0) is 44.1 Å². The summed E-state index contributed by atoms with van der Waals surface area (Å²) in [7, 11) is 0. The quantitative estimate of drug-likeness (QED) is 0.294. The monoisotopic (exact) mass is 295 g/mol. The van der Waals surface area contributed by atoms with Crippen LogP contribution in [0.15, 0.2) is 12.2 Å². The molecule has 1 nitrogen and oxygen atoms in total. The maximum atomic E-state index is 5.80. The number of nitrogens with two attached hydrogens (primary N) is 1. The summed E-state index contributed by atoms with van der Waals surface area (Å²) in [5, 5.41) is 0. The Morgan fingerprint density at radius 3 is 2.00 bits per heavy atom. The number of hydrogen-bond acceptors (Lipinski definition) is 1. The van der Waals surface area contributed by atoms with E-state index in [1.165, 1.54) is 69.8 Å². The minimum atomic E-state index is 0.762. The average Bonchev–Trinajstić information content (AvgIpc) is 2.45. The molecular formula is C20H41N. The zero-order valence-electron chi connectivity index (χ0n) is 15.3. The van der Waals surface area contributed by atoms with E-state index in [0.717, 1.165) is 24.3 Å². The molecule has 0 aliphatic rings. The Labute approximate surface area is 134 Å². The third-order valence-electron chi connectivity index (χ3n) is 5.06. The van der Waals surface area contributed by atoms with Crippen molar-refractivity contribution in [3.63, 3.8) is 0 Å². The minimum absolute atomic E-state index is 0.762. The van der Waals surface area contributed by atoms with Crippen molar-refractivity contribution in [2.75, 3.05) is 6.54 Å². The fourth-order valence-corrected chi connectivity index (χ4v) is 3.40. The highest BCUT2D eigenvalue weighted by Gasteiger charge is 2.19. The molecule has 21 heavy (non-hydrogen) atoms. The summed E-state index contributed by atoms with van der Waals surface area (Å²) in [6.45, 7) is 14.1. The molecule has 0 amide bonds. The van der Waals surface area contributed by atoms with E-state index < -0.39 is 0 Å². The van der Waals surface area contributed by atoms with Gasteiger partial charge >= 0.3 is 0 Å². The summed E-state index contributed by atoms with van der Waals surface area (Å²) in [4.78, 5) is 0. The Kier molecular flexibility index (Phi) is 13.2. The highest BCUT2D eigenvalue weighted by atomic mass is 14.5. The van der Waals surface area contributed by atoms with E-state index in [2.05, 4.69) is 34.3 Å². The van der Waals surface area contributed by atoms with Crippen LogP contribution in [0.25, 0.3) is 0 Å². The first kappa shape index (κ1) is 20.7. The highest BCUT2D eigenvalue weighted by molar-refractivity contribution is 4.92. The first-order valence-electron chi connectivity index (χ1n) is 9.39. The lowest BCUT2D eigenvalue weighted by Gasteiger charge is -2.26. The summed E-state index contributed by atoms with van der Waals surface area (Å²) in [6, 6.07) is 0. The van der Waals surface area contributed by atoms with Gasteiger partial charge in [0.25, 0.3) is 0 Å². The third-order valence-corrected chi connectivity index (χ3v) is 5.06. The summed E-state index contributed by atoms with van der Waals surface area (Å²) in [5.74, 6) is 2.52. The molecule has 0 bridgehead atoms. The van der Waals surface area contributed by atoms with Crippen LogP contribution in [0, 0.1) is 17.8 Å². The minimum Gasteiger partial charge on any atom is -0.330 e. The van der Waals surface area contributed by atoms with Gasteiger partial charge in [-0.1, -0.05) is 77.7 Å². The number of hydrogen-bond donors (Lipinski definition) is 1. The largest absolute Gasteiger partial charge is 0.330 e. The Morgan fingerprint density at radius 1 is 0.905 bits per heavy atom. The van der Waals surface area contributed by atoms with Gasteiger partial charge in [0, 0.05) is 0 Å². The Balaban J connectivity index is 3.92. The Hall–Kier alpha value is -0.300. The van der Waals surface area contributed by atoms with Gasteiger partial charge in [-0.3, -0.25) is 0 Å². The van der Waals surface area contributed by atoms with E-state index in [9.17, 15) is 0 Å². The van der Waals surface area contributed by atoms with Crippen LogP contribution in [-0.4, -0.2) is 6.54 Å². The SMILES string of the molecule is C=C(C)CC(CCN)C(CC)CCCCCCC(C)CC. The smallest absolute Gasteiger partial charge is 0.00744 e. The molecule has 0 radical (unpaired) electrons. The van der Waals surface area contributed by atoms with Gasteiger partial charge in [-0.25, -0.2) is 0 Å². The van der Waals surface area contributed by atoms with Crippen LogP contribution in [0.2, 0.25) is 0 Å². The summed E-state index contributed by atoms with van der Waals surface area (Å²) >= 11 is 0. The molecule has 126 valence electrons. The maximum Gasteiger partial charge on any atom is -0.00744 e. The molecule has 0 aliphatic carbocycles. The Morgan fingerprint density at radius 2 is 1.52 bits per heavy atom. The van der Waals surface area contributed by atoms with Gasteiger partial charge < -0.3 is 5.73 Å². The van der Waals surface area contributed by atoms with Gasteiger partial charge in [0.05, 0.1) is 0 Å². The van der Waals surface area contributed by atoms with Crippen LogP contribution < -0.4 is 5.73 Å². The first-order chi connectivity index (χ1) is 10.0. The molecule has 0 aliphatic heterocycles. The predicted octanol–water partition coefficient (Wildman–Crippen LogP) is 6.33. The van der Waals surface area contributed by atoms with Gasteiger partial charge in [-0.2, -0.15) is 0 Å². The van der Waals surface area contributed by atoms with Crippen LogP contribution >= 0.6 is 0 Å². The van der Waals surface area contributed by atoms with E-state index >= 15 is 0 Å². The molecule has 3 unspecified atom stereocenters. The van der Waals surface area contributed by atoms with Crippen molar-refractivity contribution < 1.29 is 0 Å². The molecule has 0 saturated heterocycles. The van der Waals surface area contributed by atoms with Crippen molar-refractivity contribution in [3.05, 3.63) is 12.2 Å². The summed E-state index contributed by atoms with van der Waals surface area (Å²) in [6.07, 6.45) is 13.4. The topological polar surface area (TPSA) is 26.0 Å². The predicted molar refractivity (Wildman–Crippen MR) is 97.5 cm³/mol. The lowest BCUT2D eigenvalue weighted by atomic mass is 9.80. The van der Waals surface area contributed by atoms with E-state index in [1.54, 1.807) is 0 Å². The van der Waals surface area contributed by atoms with E-state index in [-0.39, 0.29) is 0 Å². The van der Waals surface area contributed by atoms with Crippen LogP contribution in [0.5, 0.6) is 0 Å². The molecule has 1 heteroatoms. The van der Waals surface area contributed by atoms with Crippen LogP contribution in [-0.2, 0) is 0 Å². The van der Waals surface area contributed by atoms with Gasteiger partial charge in [0.1, 0.15) is 0 Å². The van der Waals surface area contributed by atoms with Crippen molar-refractivity contribution in [1.82, 2.24) is 0 Å². The van der Waals surface area contributed by atoms with Crippen molar-refractivity contribution >= 4 is 0 Å². The maximum absolute atomic E-state index is 5.80. The fourth-order valence-electron chi connectivity index (χ4n) is 3.40. The standard InChI is InChI=1S/C20H41N/c1-6-18(5)12-10-8-9-11-13-19(7-2)20(14-15-21)16-17(3)4/h18-20H,3,6-16,21H2,1-2,4-5H3.